The summed E-state index contributed by atoms with van der Waals surface area (Å²) < 4.78 is 6.33. The van der Waals surface area contributed by atoms with E-state index >= 15 is 0 Å². The molecule has 1 fully saturated rings. The molecule has 22 heavy (non-hydrogen) atoms. The number of hydrogen-bond acceptors (Lipinski definition) is 3. The van der Waals surface area contributed by atoms with Crippen LogP contribution in [0, 0.1) is 0 Å². The molecule has 0 atom stereocenters. The first-order valence-electron chi connectivity index (χ1n) is 8.41. The fourth-order valence-electron chi connectivity index (χ4n) is 2.46. The zero-order chi connectivity index (χ0) is 16.4. The average Bonchev–Trinajstić information content (AvgIpc) is 2.42. The normalized spacial score (nSPS) is 18.3. The number of rotatable bonds is 4. The molecule has 3 nitrogen and oxygen atoms in total. The molecule has 0 aromatic heterocycles. The summed E-state index contributed by atoms with van der Waals surface area (Å²) in [5.41, 5.74) is 1.21. The summed E-state index contributed by atoms with van der Waals surface area (Å²) in [6.45, 7) is 13.8. The van der Waals surface area contributed by atoms with E-state index in [1.807, 2.05) is 0 Å². The Morgan fingerprint density at radius 1 is 1.09 bits per heavy atom. The summed E-state index contributed by atoms with van der Waals surface area (Å²) in [7, 11) is 0.458. The fourth-order valence-corrected chi connectivity index (χ4v) is 3.49. The third kappa shape index (κ3) is 4.50. The predicted molar refractivity (Wildman–Crippen MR) is 98.4 cm³/mol. The smallest absolute Gasteiger partial charge is 0.250 e. The highest BCUT2D eigenvalue weighted by Crippen LogP contribution is 2.37. The van der Waals surface area contributed by atoms with Crippen LogP contribution in [-0.2, 0) is 0 Å². The second-order valence-corrected chi connectivity index (χ2v) is 12.8. The molecule has 1 heterocycles. The zero-order valence-corrected chi connectivity index (χ0v) is 16.1. The molecule has 124 valence electrons. The summed E-state index contributed by atoms with van der Waals surface area (Å²) in [6, 6.07) is 9.13. The first-order chi connectivity index (χ1) is 10.2. The lowest BCUT2D eigenvalue weighted by molar-refractivity contribution is 0.264. The van der Waals surface area contributed by atoms with Gasteiger partial charge in [-0.25, -0.2) is 0 Å². The monoisotopic (exact) mass is 320 g/mol. The van der Waals surface area contributed by atoms with Gasteiger partial charge in [0.25, 0.3) is 0 Å². The maximum Gasteiger partial charge on any atom is 0.250 e. The molecule has 0 bridgehead atoms. The fraction of sp³-hybridized carbons (Fsp3) is 0.667. The predicted octanol–water partition coefficient (Wildman–Crippen LogP) is 4.58. The average molecular weight is 321 g/mol. The lowest BCUT2D eigenvalue weighted by atomic mass is 10.1. The van der Waals surface area contributed by atoms with Gasteiger partial charge in [-0.2, -0.15) is 0 Å². The van der Waals surface area contributed by atoms with Gasteiger partial charge < -0.3 is 14.6 Å². The van der Waals surface area contributed by atoms with Crippen LogP contribution in [0.15, 0.2) is 24.3 Å². The van der Waals surface area contributed by atoms with E-state index in [9.17, 15) is 0 Å². The molecule has 0 amide bonds. The first kappa shape index (κ1) is 17.4. The van der Waals surface area contributed by atoms with Crippen LogP contribution in [-0.4, -0.2) is 39.4 Å². The molecule has 1 aromatic rings. The van der Waals surface area contributed by atoms with Crippen LogP contribution >= 0.6 is 0 Å². The van der Waals surface area contributed by atoms with Gasteiger partial charge in [0, 0.05) is 11.7 Å². The van der Waals surface area contributed by atoms with Gasteiger partial charge >= 0.3 is 0 Å². The van der Waals surface area contributed by atoms with Gasteiger partial charge in [-0.1, -0.05) is 20.8 Å². The van der Waals surface area contributed by atoms with Gasteiger partial charge in [-0.05, 0) is 75.4 Å². The third-order valence-electron chi connectivity index (χ3n) is 5.12. The van der Waals surface area contributed by atoms with Crippen LogP contribution in [0.3, 0.4) is 0 Å². The zero-order valence-electron chi connectivity index (χ0n) is 15.1. The van der Waals surface area contributed by atoms with E-state index in [0.29, 0.717) is 6.04 Å². The maximum absolute atomic E-state index is 6.33. The Morgan fingerprint density at radius 2 is 1.64 bits per heavy atom. The van der Waals surface area contributed by atoms with Crippen molar-refractivity contribution in [3.8, 4) is 5.75 Å². The topological polar surface area (TPSA) is 24.5 Å². The Hall–Kier alpha value is -1.00. The van der Waals surface area contributed by atoms with Crippen molar-refractivity contribution < 1.29 is 4.43 Å². The van der Waals surface area contributed by atoms with Gasteiger partial charge in [-0.15, -0.1) is 0 Å². The number of nitrogens with zero attached hydrogens (tertiary/aromatic N) is 1. The highest BCUT2D eigenvalue weighted by atomic mass is 28.4. The Morgan fingerprint density at radius 3 is 2.14 bits per heavy atom. The Labute approximate surface area is 137 Å². The molecule has 1 saturated heterocycles. The van der Waals surface area contributed by atoms with Crippen LogP contribution < -0.4 is 9.74 Å². The van der Waals surface area contributed by atoms with Crippen molar-refractivity contribution in [3.05, 3.63) is 24.3 Å². The minimum absolute atomic E-state index is 0.234. The lowest BCUT2D eigenvalue weighted by Gasteiger charge is -2.36. The molecule has 0 aliphatic carbocycles. The molecular formula is C18H32N2OSi. The van der Waals surface area contributed by atoms with Crippen molar-refractivity contribution in [1.29, 1.82) is 0 Å². The van der Waals surface area contributed by atoms with E-state index in [1.165, 1.54) is 31.6 Å². The molecule has 1 aliphatic heterocycles. The van der Waals surface area contributed by atoms with E-state index in [1.54, 1.807) is 0 Å². The van der Waals surface area contributed by atoms with Gasteiger partial charge in [0.05, 0.1) is 0 Å². The van der Waals surface area contributed by atoms with Crippen molar-refractivity contribution in [2.45, 2.75) is 57.8 Å². The van der Waals surface area contributed by atoms with Crippen molar-refractivity contribution in [2.75, 3.05) is 25.5 Å². The van der Waals surface area contributed by atoms with E-state index in [-0.39, 0.29) is 5.04 Å². The molecule has 0 unspecified atom stereocenters. The van der Waals surface area contributed by atoms with Gasteiger partial charge in [0.15, 0.2) is 0 Å². The molecule has 1 N–H and O–H groups in total. The first-order valence-corrected chi connectivity index (χ1v) is 11.3. The van der Waals surface area contributed by atoms with Crippen LogP contribution in [0.4, 0.5) is 5.69 Å². The van der Waals surface area contributed by atoms with Gasteiger partial charge in [-0.3, -0.25) is 0 Å². The van der Waals surface area contributed by atoms with Crippen molar-refractivity contribution in [1.82, 2.24) is 4.90 Å². The van der Waals surface area contributed by atoms with Crippen molar-refractivity contribution >= 4 is 14.0 Å². The molecule has 0 spiro atoms. The second-order valence-electron chi connectivity index (χ2n) is 8.11. The second kappa shape index (κ2) is 6.63. The number of anilines is 1. The quantitative estimate of drug-likeness (QED) is 0.822. The number of piperidine rings is 1. The highest BCUT2D eigenvalue weighted by Gasteiger charge is 2.38. The molecule has 2 rings (SSSR count). The van der Waals surface area contributed by atoms with Crippen molar-refractivity contribution in [2.24, 2.45) is 0 Å². The Kier molecular flexibility index (Phi) is 5.23. The highest BCUT2D eigenvalue weighted by molar-refractivity contribution is 6.74. The minimum atomic E-state index is -1.74. The van der Waals surface area contributed by atoms with Crippen LogP contribution in [0.5, 0.6) is 5.75 Å². The molecule has 1 aliphatic rings. The van der Waals surface area contributed by atoms with Crippen LogP contribution in [0.25, 0.3) is 0 Å². The Balaban J connectivity index is 1.93. The largest absolute Gasteiger partial charge is 0.544 e. The van der Waals surface area contributed by atoms with E-state index in [4.69, 9.17) is 4.43 Å². The van der Waals surface area contributed by atoms with Crippen LogP contribution in [0.1, 0.15) is 33.6 Å². The summed E-state index contributed by atoms with van der Waals surface area (Å²) >= 11 is 0. The van der Waals surface area contributed by atoms with E-state index < -0.39 is 8.32 Å². The number of benzene rings is 1. The lowest BCUT2D eigenvalue weighted by Crippen LogP contribution is -2.43. The van der Waals surface area contributed by atoms with Gasteiger partial charge in [0.1, 0.15) is 5.75 Å². The number of likely N-dealkylation sites (tertiary alicyclic amines) is 1. The molecule has 1 aromatic carbocycles. The standard InChI is InChI=1S/C18H32N2OSi/c1-18(2,3)22(5,6)21-17-9-7-15(8-10-17)19-16-11-13-20(4)14-12-16/h7-10,16,19H,11-14H2,1-6H3. The minimum Gasteiger partial charge on any atom is -0.544 e. The number of hydrogen-bond donors (Lipinski definition) is 1. The molecule has 4 heteroatoms. The summed E-state index contributed by atoms with van der Waals surface area (Å²) in [5.74, 6) is 1.00. The van der Waals surface area contributed by atoms with Gasteiger partial charge in [0.2, 0.25) is 8.32 Å². The van der Waals surface area contributed by atoms with E-state index in [2.05, 4.69) is 75.4 Å². The molecular weight excluding hydrogens is 288 g/mol. The van der Waals surface area contributed by atoms with Crippen molar-refractivity contribution in [3.63, 3.8) is 0 Å². The molecule has 0 radical (unpaired) electrons. The van der Waals surface area contributed by atoms with E-state index in [0.717, 1.165) is 5.75 Å². The Bertz CT molecular complexity index is 471. The molecule has 0 saturated carbocycles. The summed E-state index contributed by atoms with van der Waals surface area (Å²) in [4.78, 5) is 2.40. The third-order valence-corrected chi connectivity index (χ3v) is 9.48. The summed E-state index contributed by atoms with van der Waals surface area (Å²) in [6.07, 6.45) is 2.44. The summed E-state index contributed by atoms with van der Waals surface area (Å²) in [5, 5.41) is 3.88. The van der Waals surface area contributed by atoms with Crippen LogP contribution in [0.2, 0.25) is 18.1 Å². The maximum atomic E-state index is 6.33. The SMILES string of the molecule is CN1CCC(Nc2ccc(O[Si](C)(C)C(C)(C)C)cc2)CC1. The number of nitrogens with one attached hydrogen (secondary N) is 1.